The molecule has 0 unspecified atom stereocenters. The molecule has 0 atom stereocenters. The quantitative estimate of drug-likeness (QED) is 0.861. The van der Waals surface area contributed by atoms with Gasteiger partial charge in [-0.1, -0.05) is 6.07 Å². The van der Waals surface area contributed by atoms with Crippen LogP contribution in [0.3, 0.4) is 0 Å². The fourth-order valence-corrected chi connectivity index (χ4v) is 1.95. The highest BCUT2D eigenvalue weighted by molar-refractivity contribution is 5.91. The molecular formula is C13H14N2O2. The number of hydrogen-bond acceptors (Lipinski definition) is 2. The van der Waals surface area contributed by atoms with Crippen molar-refractivity contribution in [3.8, 4) is 11.4 Å². The highest BCUT2D eigenvalue weighted by Gasteiger charge is 2.13. The van der Waals surface area contributed by atoms with Gasteiger partial charge in [0.1, 0.15) is 5.82 Å². The third-order valence-corrected chi connectivity index (χ3v) is 2.86. The molecule has 0 aliphatic heterocycles. The first-order valence-corrected chi connectivity index (χ1v) is 5.33. The largest absolute Gasteiger partial charge is 0.478 e. The highest BCUT2D eigenvalue weighted by Crippen LogP contribution is 2.25. The van der Waals surface area contributed by atoms with Crippen molar-refractivity contribution in [1.29, 1.82) is 0 Å². The van der Waals surface area contributed by atoms with Crippen LogP contribution in [0, 0.1) is 13.8 Å². The van der Waals surface area contributed by atoms with Crippen LogP contribution >= 0.6 is 0 Å². The second-order valence-corrected chi connectivity index (χ2v) is 4.15. The fraction of sp³-hybridized carbons (Fsp3) is 0.231. The van der Waals surface area contributed by atoms with Crippen molar-refractivity contribution in [1.82, 2.24) is 9.55 Å². The maximum absolute atomic E-state index is 11.1. The van der Waals surface area contributed by atoms with Gasteiger partial charge >= 0.3 is 5.97 Å². The normalized spacial score (nSPS) is 10.5. The summed E-state index contributed by atoms with van der Waals surface area (Å²) < 4.78 is 1.88. The number of hydrogen-bond donors (Lipinski definition) is 1. The van der Waals surface area contributed by atoms with Gasteiger partial charge in [-0.25, -0.2) is 9.78 Å². The predicted octanol–water partition coefficient (Wildman–Crippen LogP) is 2.40. The van der Waals surface area contributed by atoms with Crippen molar-refractivity contribution < 1.29 is 9.90 Å². The van der Waals surface area contributed by atoms with Crippen LogP contribution in [0.5, 0.6) is 0 Å². The summed E-state index contributed by atoms with van der Waals surface area (Å²) in [6.45, 7) is 3.77. The average Bonchev–Trinajstić information content (AvgIpc) is 2.64. The lowest BCUT2D eigenvalue weighted by atomic mass is 9.99. The number of aromatic nitrogens is 2. The van der Waals surface area contributed by atoms with E-state index in [9.17, 15) is 4.79 Å². The molecule has 88 valence electrons. The van der Waals surface area contributed by atoms with Crippen LogP contribution in [0.1, 0.15) is 21.5 Å². The van der Waals surface area contributed by atoms with E-state index >= 15 is 0 Å². The number of aromatic carboxylic acids is 1. The zero-order valence-corrected chi connectivity index (χ0v) is 10.1. The summed E-state index contributed by atoms with van der Waals surface area (Å²) in [5.74, 6) is -0.122. The van der Waals surface area contributed by atoms with Crippen LogP contribution in [0.15, 0.2) is 24.5 Å². The molecule has 17 heavy (non-hydrogen) atoms. The van der Waals surface area contributed by atoms with Gasteiger partial charge in [-0.2, -0.15) is 0 Å². The first kappa shape index (κ1) is 11.4. The van der Waals surface area contributed by atoms with Crippen molar-refractivity contribution in [2.75, 3.05) is 0 Å². The lowest BCUT2D eigenvalue weighted by Gasteiger charge is -2.09. The molecule has 0 amide bonds. The topological polar surface area (TPSA) is 55.1 Å². The molecule has 0 aliphatic rings. The van der Waals surface area contributed by atoms with Crippen LogP contribution in [0.25, 0.3) is 11.4 Å². The Bertz CT molecular complexity index is 585. The molecule has 0 radical (unpaired) electrons. The zero-order chi connectivity index (χ0) is 12.6. The molecule has 2 rings (SSSR count). The molecule has 0 aliphatic carbocycles. The standard InChI is InChI=1S/C13H14N2O2/c1-8-6-9(2)11(13(16)17)7-10(8)12-14-4-5-15(12)3/h4-7H,1-3H3,(H,16,17). The van der Waals surface area contributed by atoms with E-state index in [0.29, 0.717) is 5.56 Å². The molecule has 4 heteroatoms. The molecule has 1 N–H and O–H groups in total. The summed E-state index contributed by atoms with van der Waals surface area (Å²) in [6.07, 6.45) is 3.55. The third kappa shape index (κ3) is 1.93. The van der Waals surface area contributed by atoms with Crippen molar-refractivity contribution in [3.63, 3.8) is 0 Å². The van der Waals surface area contributed by atoms with Gasteiger partial charge in [0.2, 0.25) is 0 Å². The minimum absolute atomic E-state index is 0.327. The number of aryl methyl sites for hydroxylation is 3. The summed E-state index contributed by atoms with van der Waals surface area (Å²) >= 11 is 0. The van der Waals surface area contributed by atoms with Crippen LogP contribution in [0.2, 0.25) is 0 Å². The predicted molar refractivity (Wildman–Crippen MR) is 65.1 cm³/mol. The number of rotatable bonds is 2. The summed E-state index contributed by atoms with van der Waals surface area (Å²) in [7, 11) is 1.89. The molecule has 2 aromatic rings. The van der Waals surface area contributed by atoms with Crippen LogP contribution < -0.4 is 0 Å². The molecule has 0 bridgehead atoms. The Labute approximate surface area is 99.5 Å². The second kappa shape index (κ2) is 4.05. The van der Waals surface area contributed by atoms with Gasteiger partial charge in [-0.05, 0) is 31.0 Å². The third-order valence-electron chi connectivity index (χ3n) is 2.86. The zero-order valence-electron chi connectivity index (χ0n) is 10.1. The van der Waals surface area contributed by atoms with Crippen LogP contribution in [-0.2, 0) is 7.05 Å². The van der Waals surface area contributed by atoms with Crippen molar-refractivity contribution >= 4 is 5.97 Å². The second-order valence-electron chi connectivity index (χ2n) is 4.15. The fourth-order valence-electron chi connectivity index (χ4n) is 1.95. The van der Waals surface area contributed by atoms with E-state index in [4.69, 9.17) is 5.11 Å². The molecular weight excluding hydrogens is 216 g/mol. The van der Waals surface area contributed by atoms with E-state index in [1.54, 1.807) is 19.2 Å². The summed E-state index contributed by atoms with van der Waals surface area (Å²) in [6, 6.07) is 3.57. The maximum Gasteiger partial charge on any atom is 0.335 e. The van der Waals surface area contributed by atoms with Gasteiger partial charge in [-0.3, -0.25) is 0 Å². The van der Waals surface area contributed by atoms with E-state index in [2.05, 4.69) is 4.98 Å². The number of carbonyl (C=O) groups is 1. The number of carboxylic acid groups (broad SMARTS) is 1. The SMILES string of the molecule is Cc1cc(C)c(-c2nccn2C)cc1C(=O)O. The maximum atomic E-state index is 11.1. The van der Waals surface area contributed by atoms with Gasteiger partial charge in [-0.15, -0.1) is 0 Å². The number of benzene rings is 1. The Morgan fingerprint density at radius 1 is 1.29 bits per heavy atom. The van der Waals surface area contributed by atoms with Crippen molar-refractivity contribution in [2.45, 2.75) is 13.8 Å². The highest BCUT2D eigenvalue weighted by atomic mass is 16.4. The van der Waals surface area contributed by atoms with E-state index in [-0.39, 0.29) is 0 Å². The van der Waals surface area contributed by atoms with Crippen molar-refractivity contribution in [2.24, 2.45) is 7.05 Å². The summed E-state index contributed by atoms with van der Waals surface area (Å²) in [5.41, 5.74) is 2.99. The number of carboxylic acids is 1. The first-order chi connectivity index (χ1) is 8.00. The van der Waals surface area contributed by atoms with Gasteiger partial charge in [0.15, 0.2) is 0 Å². The number of nitrogens with zero attached hydrogens (tertiary/aromatic N) is 2. The van der Waals surface area contributed by atoms with E-state index < -0.39 is 5.97 Å². The molecule has 0 spiro atoms. The van der Waals surface area contributed by atoms with E-state index in [1.165, 1.54) is 0 Å². The molecule has 0 saturated heterocycles. The average molecular weight is 230 g/mol. The molecule has 0 fully saturated rings. The summed E-state index contributed by atoms with van der Waals surface area (Å²) in [5, 5.41) is 9.12. The summed E-state index contributed by atoms with van der Waals surface area (Å²) in [4.78, 5) is 15.4. The monoisotopic (exact) mass is 230 g/mol. The Balaban J connectivity index is 2.67. The molecule has 0 saturated carbocycles. The first-order valence-electron chi connectivity index (χ1n) is 5.33. The van der Waals surface area contributed by atoms with Gasteiger partial charge in [0, 0.05) is 25.0 Å². The van der Waals surface area contributed by atoms with Crippen LogP contribution in [0.4, 0.5) is 0 Å². The van der Waals surface area contributed by atoms with Gasteiger partial charge < -0.3 is 9.67 Å². The van der Waals surface area contributed by atoms with Crippen LogP contribution in [-0.4, -0.2) is 20.6 Å². The molecule has 4 nitrogen and oxygen atoms in total. The minimum atomic E-state index is -0.905. The van der Waals surface area contributed by atoms with Gasteiger partial charge in [0.25, 0.3) is 0 Å². The molecule has 1 aromatic carbocycles. The lowest BCUT2D eigenvalue weighted by molar-refractivity contribution is 0.0696. The smallest absolute Gasteiger partial charge is 0.335 e. The minimum Gasteiger partial charge on any atom is -0.478 e. The Morgan fingerprint density at radius 3 is 2.53 bits per heavy atom. The Morgan fingerprint density at radius 2 is 2.00 bits per heavy atom. The molecule has 1 aromatic heterocycles. The van der Waals surface area contributed by atoms with E-state index in [1.807, 2.05) is 30.8 Å². The Kier molecular flexibility index (Phi) is 2.71. The molecule has 1 heterocycles. The lowest BCUT2D eigenvalue weighted by Crippen LogP contribution is -2.03. The number of imidazole rings is 1. The Hall–Kier alpha value is -2.10. The van der Waals surface area contributed by atoms with Gasteiger partial charge in [0.05, 0.1) is 5.56 Å². The van der Waals surface area contributed by atoms with E-state index in [0.717, 1.165) is 22.5 Å². The van der Waals surface area contributed by atoms with Crippen molar-refractivity contribution in [3.05, 3.63) is 41.2 Å².